The van der Waals surface area contributed by atoms with Crippen molar-refractivity contribution in [2.24, 2.45) is 11.8 Å². The van der Waals surface area contributed by atoms with Gasteiger partial charge in [0.25, 0.3) is 0 Å². The van der Waals surface area contributed by atoms with Gasteiger partial charge in [-0.15, -0.1) is 0 Å². The Kier molecular flexibility index (Phi) is 7.11. The van der Waals surface area contributed by atoms with Crippen LogP contribution in [0.1, 0.15) is 45.7 Å². The van der Waals surface area contributed by atoms with Crippen LogP contribution in [-0.4, -0.2) is 12.6 Å². The molecular weight excluding hydrogens is 234 g/mol. The van der Waals surface area contributed by atoms with E-state index in [4.69, 9.17) is 4.74 Å². The van der Waals surface area contributed by atoms with Crippen LogP contribution in [-0.2, 0) is 17.9 Å². The number of benzene rings is 1. The van der Waals surface area contributed by atoms with Crippen molar-refractivity contribution in [3.8, 4) is 0 Å². The molecule has 0 aliphatic rings. The molecule has 108 valence electrons. The quantitative estimate of drug-likeness (QED) is 0.765. The zero-order chi connectivity index (χ0) is 14.3. The number of rotatable bonds is 8. The van der Waals surface area contributed by atoms with E-state index in [0.29, 0.717) is 24.5 Å². The topological polar surface area (TPSA) is 21.3 Å². The highest BCUT2D eigenvalue weighted by molar-refractivity contribution is 5.26. The Balaban J connectivity index is 2.52. The van der Waals surface area contributed by atoms with Gasteiger partial charge in [0.1, 0.15) is 0 Å². The highest BCUT2D eigenvalue weighted by Crippen LogP contribution is 2.14. The molecule has 0 aliphatic carbocycles. The predicted octanol–water partition coefficient (Wildman–Crippen LogP) is 3.99. The lowest BCUT2D eigenvalue weighted by atomic mass is 10.1. The third-order valence-corrected chi connectivity index (χ3v) is 3.43. The van der Waals surface area contributed by atoms with Crippen molar-refractivity contribution in [1.82, 2.24) is 5.32 Å². The Labute approximate surface area is 118 Å². The van der Waals surface area contributed by atoms with Crippen LogP contribution in [0.4, 0.5) is 0 Å². The van der Waals surface area contributed by atoms with E-state index in [0.717, 1.165) is 13.1 Å². The van der Waals surface area contributed by atoms with E-state index in [1.807, 2.05) is 0 Å². The Morgan fingerprint density at radius 3 is 2.21 bits per heavy atom. The van der Waals surface area contributed by atoms with Gasteiger partial charge in [-0.05, 0) is 36.4 Å². The molecule has 0 fully saturated rings. The Morgan fingerprint density at radius 1 is 1.00 bits per heavy atom. The molecule has 0 heterocycles. The summed E-state index contributed by atoms with van der Waals surface area (Å²) in [5.74, 6) is 1.25. The molecule has 1 rings (SSSR count). The summed E-state index contributed by atoms with van der Waals surface area (Å²) in [6.07, 6.45) is 0.302. The van der Waals surface area contributed by atoms with Gasteiger partial charge in [0.15, 0.2) is 0 Å². The van der Waals surface area contributed by atoms with Crippen LogP contribution in [0.15, 0.2) is 24.3 Å². The molecule has 1 aromatic rings. The summed E-state index contributed by atoms with van der Waals surface area (Å²) in [5.41, 5.74) is 2.64. The van der Waals surface area contributed by atoms with Gasteiger partial charge in [0.05, 0.1) is 12.7 Å². The van der Waals surface area contributed by atoms with E-state index in [1.54, 1.807) is 0 Å². The van der Waals surface area contributed by atoms with Crippen LogP contribution in [0.2, 0.25) is 0 Å². The normalized spacial score (nSPS) is 13.2. The van der Waals surface area contributed by atoms with E-state index in [1.165, 1.54) is 11.1 Å². The van der Waals surface area contributed by atoms with Crippen molar-refractivity contribution >= 4 is 0 Å². The maximum atomic E-state index is 5.93. The number of hydrogen-bond acceptors (Lipinski definition) is 2. The summed E-state index contributed by atoms with van der Waals surface area (Å²) >= 11 is 0. The van der Waals surface area contributed by atoms with Gasteiger partial charge in [0, 0.05) is 6.54 Å². The molecule has 0 aliphatic heterocycles. The minimum Gasteiger partial charge on any atom is -0.374 e. The van der Waals surface area contributed by atoms with E-state index >= 15 is 0 Å². The fraction of sp³-hybridized carbons (Fsp3) is 0.647. The van der Waals surface area contributed by atoms with Crippen LogP contribution in [0.25, 0.3) is 0 Å². The minimum absolute atomic E-state index is 0.302. The molecule has 1 unspecified atom stereocenters. The molecule has 1 atom stereocenters. The molecule has 2 nitrogen and oxygen atoms in total. The first-order valence-electron chi connectivity index (χ1n) is 7.39. The zero-order valence-electron chi connectivity index (χ0n) is 13.1. The lowest BCUT2D eigenvalue weighted by Gasteiger charge is -2.18. The van der Waals surface area contributed by atoms with Crippen molar-refractivity contribution in [2.45, 2.75) is 53.9 Å². The molecule has 0 saturated heterocycles. The molecule has 0 aromatic heterocycles. The van der Waals surface area contributed by atoms with E-state index in [2.05, 4.69) is 64.2 Å². The molecule has 0 amide bonds. The molecule has 1 N–H and O–H groups in total. The standard InChI is InChI=1S/C17H29NO/c1-13(2)10-18-11-16-8-6-7-9-17(16)12-19-15(5)14(3)4/h6-9,13-15,18H,10-12H2,1-5H3. The Hall–Kier alpha value is -0.860. The molecule has 0 bridgehead atoms. The van der Waals surface area contributed by atoms with Gasteiger partial charge in [-0.1, -0.05) is 52.0 Å². The van der Waals surface area contributed by atoms with Gasteiger partial charge >= 0.3 is 0 Å². The molecule has 1 aromatic carbocycles. The Bertz CT molecular complexity index is 360. The van der Waals surface area contributed by atoms with Gasteiger partial charge in [0.2, 0.25) is 0 Å². The van der Waals surface area contributed by atoms with Crippen LogP contribution in [0.3, 0.4) is 0 Å². The first kappa shape index (κ1) is 16.2. The maximum Gasteiger partial charge on any atom is 0.0723 e. The summed E-state index contributed by atoms with van der Waals surface area (Å²) in [6.45, 7) is 13.7. The van der Waals surface area contributed by atoms with Crippen molar-refractivity contribution in [3.63, 3.8) is 0 Å². The highest BCUT2D eigenvalue weighted by atomic mass is 16.5. The lowest BCUT2D eigenvalue weighted by Crippen LogP contribution is -2.20. The van der Waals surface area contributed by atoms with Gasteiger partial charge in [-0.2, -0.15) is 0 Å². The molecule has 0 saturated carbocycles. The van der Waals surface area contributed by atoms with Crippen LogP contribution in [0.5, 0.6) is 0 Å². The van der Waals surface area contributed by atoms with E-state index in [-0.39, 0.29) is 0 Å². The van der Waals surface area contributed by atoms with E-state index in [9.17, 15) is 0 Å². The number of hydrogen-bond donors (Lipinski definition) is 1. The van der Waals surface area contributed by atoms with Crippen LogP contribution < -0.4 is 5.32 Å². The molecule has 2 heteroatoms. The van der Waals surface area contributed by atoms with Crippen molar-refractivity contribution in [3.05, 3.63) is 35.4 Å². The summed E-state index contributed by atoms with van der Waals surface area (Å²) in [7, 11) is 0. The maximum absolute atomic E-state index is 5.93. The largest absolute Gasteiger partial charge is 0.374 e. The monoisotopic (exact) mass is 263 g/mol. The van der Waals surface area contributed by atoms with Crippen molar-refractivity contribution in [1.29, 1.82) is 0 Å². The summed E-state index contributed by atoms with van der Waals surface area (Å²) in [6, 6.07) is 8.54. The van der Waals surface area contributed by atoms with Gasteiger partial charge < -0.3 is 10.1 Å². The van der Waals surface area contributed by atoms with Crippen molar-refractivity contribution < 1.29 is 4.74 Å². The number of nitrogens with one attached hydrogen (secondary N) is 1. The van der Waals surface area contributed by atoms with Gasteiger partial charge in [-0.3, -0.25) is 0 Å². The SMILES string of the molecule is CC(C)CNCc1ccccc1COC(C)C(C)C. The highest BCUT2D eigenvalue weighted by Gasteiger charge is 2.09. The molecule has 0 radical (unpaired) electrons. The second-order valence-electron chi connectivity index (χ2n) is 6.05. The first-order chi connectivity index (χ1) is 9.00. The summed E-state index contributed by atoms with van der Waals surface area (Å²) in [5, 5.41) is 3.50. The van der Waals surface area contributed by atoms with Crippen LogP contribution >= 0.6 is 0 Å². The van der Waals surface area contributed by atoms with Gasteiger partial charge in [-0.25, -0.2) is 0 Å². The fourth-order valence-corrected chi connectivity index (χ4v) is 1.78. The van der Waals surface area contributed by atoms with E-state index < -0.39 is 0 Å². The third-order valence-electron chi connectivity index (χ3n) is 3.43. The van der Waals surface area contributed by atoms with Crippen molar-refractivity contribution in [2.75, 3.05) is 6.54 Å². The average molecular weight is 263 g/mol. The zero-order valence-corrected chi connectivity index (χ0v) is 13.1. The second-order valence-corrected chi connectivity index (χ2v) is 6.05. The number of ether oxygens (including phenoxy) is 1. The molecule has 19 heavy (non-hydrogen) atoms. The summed E-state index contributed by atoms with van der Waals surface area (Å²) < 4.78 is 5.93. The minimum atomic E-state index is 0.302. The third kappa shape index (κ3) is 6.22. The first-order valence-corrected chi connectivity index (χ1v) is 7.39. The van der Waals surface area contributed by atoms with Crippen LogP contribution in [0, 0.1) is 11.8 Å². The molecule has 0 spiro atoms. The summed E-state index contributed by atoms with van der Waals surface area (Å²) in [4.78, 5) is 0. The lowest BCUT2D eigenvalue weighted by molar-refractivity contribution is 0.0231. The molecular formula is C17H29NO. The predicted molar refractivity (Wildman–Crippen MR) is 82.1 cm³/mol. The second kappa shape index (κ2) is 8.34. The average Bonchev–Trinajstić information content (AvgIpc) is 2.36. The Morgan fingerprint density at radius 2 is 1.63 bits per heavy atom. The fourth-order valence-electron chi connectivity index (χ4n) is 1.78. The smallest absolute Gasteiger partial charge is 0.0723 e.